The third kappa shape index (κ3) is 4.72. The number of thioether (sulfide) groups is 1. The average Bonchev–Trinajstić information content (AvgIpc) is 3.67. The zero-order valence-electron chi connectivity index (χ0n) is 17.1. The first-order valence-electron chi connectivity index (χ1n) is 10.7. The van der Waals surface area contributed by atoms with Crippen LogP contribution in [-0.2, 0) is 14.6 Å². The minimum atomic E-state index is -3.05. The molecule has 164 valence electrons. The van der Waals surface area contributed by atoms with Gasteiger partial charge in [0.05, 0.1) is 33.4 Å². The van der Waals surface area contributed by atoms with Crippen LogP contribution in [0.2, 0.25) is 0 Å². The standard InChI is InChI=1S/C22H25N3O4S2/c26-21(25(15-7-8-15)16-9-10-31(28,29)13-16)12-30-20-11-18(22(27)23-14-5-6-14)17-3-1-2-4-19(17)24-20/h1-4,11,14-16H,5-10,12-13H2,(H,23,27)/t16-/m0/s1. The van der Waals surface area contributed by atoms with Crippen LogP contribution >= 0.6 is 11.8 Å². The maximum atomic E-state index is 13.0. The fourth-order valence-electron chi connectivity index (χ4n) is 4.17. The van der Waals surface area contributed by atoms with Crippen LogP contribution in [0, 0.1) is 0 Å². The normalized spacial score (nSPS) is 22.4. The number of fused-ring (bicyclic) bond motifs is 1. The third-order valence-electron chi connectivity index (χ3n) is 6.02. The molecule has 0 bridgehead atoms. The highest BCUT2D eigenvalue weighted by Gasteiger charge is 2.42. The van der Waals surface area contributed by atoms with Crippen molar-refractivity contribution in [2.24, 2.45) is 0 Å². The van der Waals surface area contributed by atoms with Crippen molar-refractivity contribution in [2.75, 3.05) is 17.3 Å². The van der Waals surface area contributed by atoms with Crippen molar-refractivity contribution >= 4 is 44.3 Å². The number of nitrogens with zero attached hydrogens (tertiary/aromatic N) is 2. The highest BCUT2D eigenvalue weighted by Crippen LogP contribution is 2.33. The van der Waals surface area contributed by atoms with E-state index in [0.29, 0.717) is 17.0 Å². The third-order valence-corrected chi connectivity index (χ3v) is 8.67. The molecule has 5 rings (SSSR count). The topological polar surface area (TPSA) is 96.4 Å². The maximum Gasteiger partial charge on any atom is 0.252 e. The smallest absolute Gasteiger partial charge is 0.252 e. The monoisotopic (exact) mass is 459 g/mol. The first kappa shape index (κ1) is 20.8. The van der Waals surface area contributed by atoms with Gasteiger partial charge < -0.3 is 10.2 Å². The highest BCUT2D eigenvalue weighted by molar-refractivity contribution is 7.99. The lowest BCUT2D eigenvalue weighted by atomic mass is 10.1. The van der Waals surface area contributed by atoms with E-state index in [9.17, 15) is 18.0 Å². The van der Waals surface area contributed by atoms with Crippen LogP contribution in [-0.4, -0.2) is 65.5 Å². The second kappa shape index (κ2) is 8.09. The van der Waals surface area contributed by atoms with Gasteiger partial charge in [0.2, 0.25) is 5.91 Å². The average molecular weight is 460 g/mol. The summed E-state index contributed by atoms with van der Waals surface area (Å²) in [7, 11) is -3.05. The first-order valence-corrected chi connectivity index (χ1v) is 13.6. The maximum absolute atomic E-state index is 13.0. The second-order valence-corrected chi connectivity index (χ2v) is 11.9. The summed E-state index contributed by atoms with van der Waals surface area (Å²) >= 11 is 1.31. The lowest BCUT2D eigenvalue weighted by Crippen LogP contribution is -2.43. The number of sulfone groups is 1. The van der Waals surface area contributed by atoms with Crippen molar-refractivity contribution in [1.82, 2.24) is 15.2 Å². The van der Waals surface area contributed by atoms with Crippen LogP contribution in [0.25, 0.3) is 10.9 Å². The Morgan fingerprint density at radius 1 is 1.10 bits per heavy atom. The molecule has 2 saturated carbocycles. The fraction of sp³-hybridized carbons (Fsp3) is 0.500. The van der Waals surface area contributed by atoms with Crippen molar-refractivity contribution in [3.63, 3.8) is 0 Å². The molecule has 7 nitrogen and oxygen atoms in total. The molecule has 1 saturated heterocycles. The SMILES string of the molecule is O=C(NC1CC1)c1cc(SCC(=O)N(C2CC2)[C@H]2CCS(=O)(=O)C2)nc2ccccc12. The molecule has 1 atom stereocenters. The number of hydrogen-bond acceptors (Lipinski definition) is 6. The van der Waals surface area contributed by atoms with E-state index < -0.39 is 9.84 Å². The molecule has 0 spiro atoms. The van der Waals surface area contributed by atoms with E-state index in [2.05, 4.69) is 10.3 Å². The summed E-state index contributed by atoms with van der Waals surface area (Å²) in [6.07, 6.45) is 4.42. The molecule has 2 amide bonds. The Morgan fingerprint density at radius 2 is 1.87 bits per heavy atom. The minimum absolute atomic E-state index is 0.0476. The summed E-state index contributed by atoms with van der Waals surface area (Å²) < 4.78 is 23.8. The Kier molecular flexibility index (Phi) is 5.42. The lowest BCUT2D eigenvalue weighted by Gasteiger charge is -2.28. The molecule has 0 radical (unpaired) electrons. The molecular formula is C22H25N3O4S2. The Hall–Kier alpha value is -2.13. The Labute approximate surface area is 185 Å². The zero-order chi connectivity index (χ0) is 21.6. The van der Waals surface area contributed by atoms with Crippen molar-refractivity contribution in [3.8, 4) is 0 Å². The van der Waals surface area contributed by atoms with Crippen molar-refractivity contribution in [3.05, 3.63) is 35.9 Å². The largest absolute Gasteiger partial charge is 0.349 e. The van der Waals surface area contributed by atoms with Gasteiger partial charge in [0.25, 0.3) is 5.91 Å². The van der Waals surface area contributed by atoms with E-state index in [4.69, 9.17) is 0 Å². The first-order chi connectivity index (χ1) is 14.9. The van der Waals surface area contributed by atoms with Gasteiger partial charge in [-0.15, -0.1) is 0 Å². The number of carbonyl (C=O) groups is 2. The summed E-state index contributed by atoms with van der Waals surface area (Å²) in [6.45, 7) is 0. The summed E-state index contributed by atoms with van der Waals surface area (Å²) in [4.78, 5) is 32.2. The van der Waals surface area contributed by atoms with E-state index in [-0.39, 0.29) is 47.2 Å². The van der Waals surface area contributed by atoms with E-state index in [1.165, 1.54) is 11.8 Å². The number of rotatable bonds is 7. The van der Waals surface area contributed by atoms with Crippen LogP contribution in [0.3, 0.4) is 0 Å². The van der Waals surface area contributed by atoms with E-state index in [0.717, 1.165) is 36.6 Å². The van der Waals surface area contributed by atoms with Gasteiger partial charge in [0.1, 0.15) is 0 Å². The van der Waals surface area contributed by atoms with Gasteiger partial charge in [-0.2, -0.15) is 0 Å². The van der Waals surface area contributed by atoms with Gasteiger partial charge in [0.15, 0.2) is 9.84 Å². The summed E-state index contributed by atoms with van der Waals surface area (Å²) in [5, 5.41) is 4.46. The van der Waals surface area contributed by atoms with Crippen molar-refractivity contribution in [2.45, 2.75) is 55.3 Å². The minimum Gasteiger partial charge on any atom is -0.349 e. The molecule has 2 heterocycles. The molecule has 9 heteroatoms. The summed E-state index contributed by atoms with van der Waals surface area (Å²) in [6, 6.07) is 9.50. The molecule has 3 fully saturated rings. The van der Waals surface area contributed by atoms with Gasteiger partial charge in [-0.3, -0.25) is 9.59 Å². The molecule has 1 aromatic heterocycles. The number of benzene rings is 1. The molecule has 2 aromatic rings. The Bertz CT molecular complexity index is 1140. The molecule has 1 aromatic carbocycles. The molecule has 31 heavy (non-hydrogen) atoms. The lowest BCUT2D eigenvalue weighted by molar-refractivity contribution is -0.130. The van der Waals surface area contributed by atoms with Crippen LogP contribution in [0.4, 0.5) is 0 Å². The van der Waals surface area contributed by atoms with Gasteiger partial charge in [-0.05, 0) is 44.2 Å². The summed E-state index contributed by atoms with van der Waals surface area (Å²) in [5.41, 5.74) is 1.30. The molecule has 1 N–H and O–H groups in total. The van der Waals surface area contributed by atoms with Crippen LogP contribution in [0.1, 0.15) is 42.5 Å². The van der Waals surface area contributed by atoms with Gasteiger partial charge in [-0.1, -0.05) is 30.0 Å². The van der Waals surface area contributed by atoms with Crippen LogP contribution < -0.4 is 5.32 Å². The summed E-state index contributed by atoms with van der Waals surface area (Å²) in [5.74, 6) is 0.257. The van der Waals surface area contributed by atoms with E-state index in [1.54, 1.807) is 11.0 Å². The molecule has 3 aliphatic rings. The number of amides is 2. The fourth-order valence-corrected chi connectivity index (χ4v) is 6.66. The van der Waals surface area contributed by atoms with E-state index in [1.807, 2.05) is 24.3 Å². The van der Waals surface area contributed by atoms with E-state index >= 15 is 0 Å². The zero-order valence-corrected chi connectivity index (χ0v) is 18.8. The Balaban J connectivity index is 1.34. The van der Waals surface area contributed by atoms with Crippen molar-refractivity contribution < 1.29 is 18.0 Å². The number of nitrogens with one attached hydrogen (secondary N) is 1. The van der Waals surface area contributed by atoms with Crippen molar-refractivity contribution in [1.29, 1.82) is 0 Å². The quantitative estimate of drug-likeness (QED) is 0.639. The predicted molar refractivity (Wildman–Crippen MR) is 120 cm³/mol. The van der Waals surface area contributed by atoms with Crippen LogP contribution in [0.15, 0.2) is 35.4 Å². The number of aromatic nitrogens is 1. The molecule has 2 aliphatic carbocycles. The van der Waals surface area contributed by atoms with Gasteiger partial charge >= 0.3 is 0 Å². The number of pyridine rings is 1. The molecule has 1 aliphatic heterocycles. The van der Waals surface area contributed by atoms with Gasteiger partial charge in [-0.25, -0.2) is 13.4 Å². The Morgan fingerprint density at radius 3 is 2.55 bits per heavy atom. The number of carbonyl (C=O) groups excluding carboxylic acids is 2. The van der Waals surface area contributed by atoms with Crippen LogP contribution in [0.5, 0.6) is 0 Å². The predicted octanol–water partition coefficient (Wildman–Crippen LogP) is 2.40. The second-order valence-electron chi connectivity index (χ2n) is 8.65. The number of hydrogen-bond donors (Lipinski definition) is 1. The molecule has 0 unspecified atom stereocenters. The highest BCUT2D eigenvalue weighted by atomic mass is 32.2. The number of para-hydroxylation sites is 1. The van der Waals surface area contributed by atoms with Gasteiger partial charge in [0, 0.05) is 23.5 Å². The molecular weight excluding hydrogens is 434 g/mol.